The van der Waals surface area contributed by atoms with Gasteiger partial charge in [0.25, 0.3) is 0 Å². The molecule has 2 aromatic carbocycles. The number of aromatic nitrogens is 2. The van der Waals surface area contributed by atoms with E-state index >= 15 is 0 Å². The van der Waals surface area contributed by atoms with Crippen LogP contribution in [0.5, 0.6) is 0 Å². The zero-order valence-corrected chi connectivity index (χ0v) is 19.0. The quantitative estimate of drug-likeness (QED) is 0.480. The minimum Gasteiger partial charge on any atom is -0.338 e. The molecule has 0 unspecified atom stereocenters. The Kier molecular flexibility index (Phi) is 6.73. The van der Waals surface area contributed by atoms with Crippen molar-refractivity contribution in [3.05, 3.63) is 62.9 Å². The van der Waals surface area contributed by atoms with Crippen molar-refractivity contribution in [2.24, 2.45) is 5.92 Å². The molecule has 2 heterocycles. The summed E-state index contributed by atoms with van der Waals surface area (Å²) in [5.41, 5.74) is 1.52. The molecule has 1 N–H and O–H groups in total. The highest BCUT2D eigenvalue weighted by Crippen LogP contribution is 2.27. The van der Waals surface area contributed by atoms with Crippen LogP contribution < -0.4 is 5.32 Å². The molecule has 6 nitrogen and oxygen atoms in total. The van der Waals surface area contributed by atoms with Gasteiger partial charge >= 0.3 is 0 Å². The van der Waals surface area contributed by atoms with Crippen molar-refractivity contribution in [2.75, 3.05) is 18.4 Å². The largest absolute Gasteiger partial charge is 0.338 e. The predicted molar refractivity (Wildman–Crippen MR) is 121 cm³/mol. The van der Waals surface area contributed by atoms with Crippen molar-refractivity contribution in [1.29, 1.82) is 0 Å². The van der Waals surface area contributed by atoms with Crippen molar-refractivity contribution in [1.82, 2.24) is 15.0 Å². The minimum absolute atomic E-state index is 0.0223. The van der Waals surface area contributed by atoms with E-state index in [2.05, 4.69) is 36.3 Å². The first-order valence-corrected chi connectivity index (χ1v) is 11.1. The third-order valence-corrected chi connectivity index (χ3v) is 6.52. The fourth-order valence-corrected chi connectivity index (χ4v) is 4.04. The third kappa shape index (κ3) is 5.21. The van der Waals surface area contributed by atoms with Crippen LogP contribution >= 0.6 is 39.1 Å². The number of halogens is 3. The van der Waals surface area contributed by atoms with E-state index in [-0.39, 0.29) is 11.8 Å². The average Bonchev–Trinajstić information content (AvgIpc) is 3.20. The maximum Gasteiger partial charge on any atom is 0.241 e. The van der Waals surface area contributed by atoms with E-state index in [1.807, 2.05) is 24.3 Å². The Morgan fingerprint density at radius 1 is 1.20 bits per heavy atom. The highest BCUT2D eigenvalue weighted by molar-refractivity contribution is 9.10. The first-order chi connectivity index (χ1) is 14.5. The molecule has 1 amide bonds. The van der Waals surface area contributed by atoms with E-state index in [9.17, 15) is 4.79 Å². The molecule has 0 saturated carbocycles. The Balaban J connectivity index is 1.29. The van der Waals surface area contributed by atoms with E-state index in [1.54, 1.807) is 18.2 Å². The number of carbonyl (C=O) groups is 1. The lowest BCUT2D eigenvalue weighted by atomic mass is 9.96. The molecule has 0 radical (unpaired) electrons. The minimum atomic E-state index is -0.0339. The van der Waals surface area contributed by atoms with Gasteiger partial charge in [0.1, 0.15) is 0 Å². The number of nitrogens with one attached hydrogen (secondary N) is 1. The summed E-state index contributed by atoms with van der Waals surface area (Å²) in [6, 6.07) is 12.7. The van der Waals surface area contributed by atoms with Gasteiger partial charge in [-0.05, 0) is 72.2 Å². The maximum absolute atomic E-state index is 12.6. The number of hydrogen-bond donors (Lipinski definition) is 1. The van der Waals surface area contributed by atoms with Gasteiger partial charge < -0.3 is 9.84 Å². The van der Waals surface area contributed by atoms with Crippen LogP contribution in [0.25, 0.3) is 11.4 Å². The van der Waals surface area contributed by atoms with Crippen LogP contribution in [0.1, 0.15) is 18.7 Å². The molecule has 1 aliphatic rings. The Labute approximate surface area is 192 Å². The van der Waals surface area contributed by atoms with Gasteiger partial charge in [0.05, 0.1) is 11.6 Å². The molecule has 1 saturated heterocycles. The smallest absolute Gasteiger partial charge is 0.241 e. The van der Waals surface area contributed by atoms with Gasteiger partial charge in [-0.15, -0.1) is 0 Å². The number of amides is 1. The summed E-state index contributed by atoms with van der Waals surface area (Å²) >= 11 is 15.5. The normalized spacial score (nSPS) is 15.3. The molecule has 0 spiro atoms. The van der Waals surface area contributed by atoms with Crippen LogP contribution in [-0.2, 0) is 11.3 Å². The number of likely N-dealkylation sites (tertiary alicyclic amines) is 1. The second-order valence-electron chi connectivity index (χ2n) is 7.19. The van der Waals surface area contributed by atoms with Crippen LogP contribution in [-0.4, -0.2) is 34.0 Å². The van der Waals surface area contributed by atoms with Gasteiger partial charge in [0.15, 0.2) is 0 Å². The highest BCUT2D eigenvalue weighted by atomic mass is 79.9. The van der Waals surface area contributed by atoms with Gasteiger partial charge in [-0.3, -0.25) is 9.69 Å². The summed E-state index contributed by atoms with van der Waals surface area (Å²) in [7, 11) is 0. The lowest BCUT2D eigenvalue weighted by Gasteiger charge is -2.30. The van der Waals surface area contributed by atoms with E-state index < -0.39 is 0 Å². The second kappa shape index (κ2) is 9.47. The Morgan fingerprint density at radius 2 is 2.00 bits per heavy atom. The van der Waals surface area contributed by atoms with Crippen molar-refractivity contribution in [3.8, 4) is 11.4 Å². The summed E-state index contributed by atoms with van der Waals surface area (Å²) in [6.45, 7) is 2.13. The molecule has 3 aromatic rings. The second-order valence-corrected chi connectivity index (χ2v) is 8.89. The molecule has 1 aromatic heterocycles. The maximum atomic E-state index is 12.6. The molecule has 0 aliphatic carbocycles. The van der Waals surface area contributed by atoms with Gasteiger partial charge in [0, 0.05) is 26.7 Å². The molecule has 30 heavy (non-hydrogen) atoms. The fourth-order valence-electron chi connectivity index (χ4n) is 3.43. The fraction of sp³-hybridized carbons (Fsp3) is 0.286. The van der Waals surface area contributed by atoms with Crippen LogP contribution in [0.3, 0.4) is 0 Å². The molecule has 1 aliphatic heterocycles. The van der Waals surface area contributed by atoms with Crippen LogP contribution in [0.4, 0.5) is 5.69 Å². The average molecular weight is 510 g/mol. The molecule has 0 atom stereocenters. The summed E-state index contributed by atoms with van der Waals surface area (Å²) in [6.07, 6.45) is 1.54. The molecule has 0 bridgehead atoms. The number of carbonyl (C=O) groups excluding carboxylic acids is 1. The molecule has 1 fully saturated rings. The van der Waals surface area contributed by atoms with Gasteiger partial charge in [-0.1, -0.05) is 40.5 Å². The summed E-state index contributed by atoms with van der Waals surface area (Å²) < 4.78 is 6.20. The Morgan fingerprint density at radius 3 is 2.73 bits per heavy atom. The Bertz CT molecular complexity index is 1050. The number of hydrogen-bond acceptors (Lipinski definition) is 5. The molecular formula is C21H19BrCl2N4O2. The molecule has 4 rings (SSSR count). The van der Waals surface area contributed by atoms with Gasteiger partial charge in [0.2, 0.25) is 17.6 Å². The Hall–Kier alpha value is -1.93. The summed E-state index contributed by atoms with van der Waals surface area (Å²) in [5.74, 6) is 1.06. The predicted octanol–water partition coefficient (Wildman–Crippen LogP) is 5.66. The lowest BCUT2D eigenvalue weighted by molar-refractivity contribution is -0.121. The molecule has 9 heteroatoms. The highest BCUT2D eigenvalue weighted by Gasteiger charge is 2.26. The zero-order valence-electron chi connectivity index (χ0n) is 15.9. The first kappa shape index (κ1) is 21.3. The van der Waals surface area contributed by atoms with Crippen molar-refractivity contribution < 1.29 is 9.32 Å². The molecule has 156 valence electrons. The van der Waals surface area contributed by atoms with Crippen molar-refractivity contribution in [3.63, 3.8) is 0 Å². The van der Waals surface area contributed by atoms with E-state index in [1.165, 1.54) is 0 Å². The van der Waals surface area contributed by atoms with Crippen LogP contribution in [0, 0.1) is 5.92 Å². The van der Waals surface area contributed by atoms with Crippen molar-refractivity contribution >= 4 is 50.7 Å². The van der Waals surface area contributed by atoms with Crippen molar-refractivity contribution in [2.45, 2.75) is 19.4 Å². The lowest BCUT2D eigenvalue weighted by Crippen LogP contribution is -2.37. The third-order valence-electron chi connectivity index (χ3n) is 5.06. The number of rotatable bonds is 5. The van der Waals surface area contributed by atoms with Crippen LogP contribution in [0.15, 0.2) is 51.5 Å². The standard InChI is InChI=1S/C21H19BrCl2N4O2/c22-17-5-4-16(11-18(17)24)25-21(29)13-6-8-28(9-7-13)12-19-26-20(27-30-19)14-2-1-3-15(23)10-14/h1-5,10-11,13H,6-9,12H2,(H,25,29). The zero-order chi connectivity index (χ0) is 21.1. The molecular weight excluding hydrogens is 491 g/mol. The topological polar surface area (TPSA) is 71.3 Å². The first-order valence-electron chi connectivity index (χ1n) is 9.55. The number of anilines is 1. The monoisotopic (exact) mass is 508 g/mol. The number of benzene rings is 2. The van der Waals surface area contributed by atoms with Gasteiger partial charge in [-0.2, -0.15) is 4.98 Å². The number of piperidine rings is 1. The van der Waals surface area contributed by atoms with E-state index in [0.717, 1.165) is 36.0 Å². The van der Waals surface area contributed by atoms with Gasteiger partial charge in [-0.25, -0.2) is 0 Å². The summed E-state index contributed by atoms with van der Waals surface area (Å²) in [4.78, 5) is 19.3. The SMILES string of the molecule is O=C(Nc1ccc(Br)c(Cl)c1)C1CCN(Cc2nc(-c3cccc(Cl)c3)no2)CC1. The summed E-state index contributed by atoms with van der Waals surface area (Å²) in [5, 5.41) is 8.20. The van der Waals surface area contributed by atoms with E-state index in [4.69, 9.17) is 27.7 Å². The van der Waals surface area contributed by atoms with E-state index in [0.29, 0.717) is 34.0 Å². The number of nitrogens with zero attached hydrogens (tertiary/aromatic N) is 3. The van der Waals surface area contributed by atoms with Crippen LogP contribution in [0.2, 0.25) is 10.0 Å².